The minimum absolute atomic E-state index is 0.0296. The average Bonchev–Trinajstić information content (AvgIpc) is 3.33. The van der Waals surface area contributed by atoms with Crippen molar-refractivity contribution in [2.45, 2.75) is 19.9 Å². The number of carbonyl (C=O) groups is 2. The van der Waals surface area contributed by atoms with Crippen LogP contribution in [0.15, 0.2) is 28.8 Å². The number of anilines is 1. The number of aromatic nitrogens is 1. The van der Waals surface area contributed by atoms with Crippen LogP contribution in [0.2, 0.25) is 5.02 Å². The Morgan fingerprint density at radius 2 is 2.03 bits per heavy atom. The number of hydrogen-bond donors (Lipinski definition) is 0. The van der Waals surface area contributed by atoms with Crippen LogP contribution in [0.25, 0.3) is 0 Å². The van der Waals surface area contributed by atoms with Crippen LogP contribution < -0.4 is 9.64 Å². The number of rotatable bonds is 5. The molecule has 9 heteroatoms. The van der Waals surface area contributed by atoms with Gasteiger partial charge in [-0.3, -0.25) is 14.5 Å². The molecular weight excluding hydrogens is 408 g/mol. The lowest BCUT2D eigenvalue weighted by molar-refractivity contribution is -0.137. The maximum Gasteiger partial charge on any atom is 0.228 e. The van der Waals surface area contributed by atoms with Gasteiger partial charge < -0.3 is 19.1 Å². The molecule has 3 heterocycles. The van der Waals surface area contributed by atoms with Crippen molar-refractivity contribution in [1.82, 2.24) is 15.0 Å². The molecule has 0 spiro atoms. The monoisotopic (exact) mass is 432 g/mol. The second-order valence-electron chi connectivity index (χ2n) is 7.76. The van der Waals surface area contributed by atoms with E-state index in [1.54, 1.807) is 30.2 Å². The van der Waals surface area contributed by atoms with E-state index in [1.807, 2.05) is 17.9 Å². The van der Waals surface area contributed by atoms with Crippen LogP contribution in [0.3, 0.4) is 0 Å². The van der Waals surface area contributed by atoms with Crippen LogP contribution in [-0.4, -0.2) is 66.6 Å². The molecule has 0 N–H and O–H groups in total. The third-order valence-electron chi connectivity index (χ3n) is 5.65. The van der Waals surface area contributed by atoms with Gasteiger partial charge in [-0.05, 0) is 25.1 Å². The van der Waals surface area contributed by atoms with Gasteiger partial charge in [0, 0.05) is 50.2 Å². The van der Waals surface area contributed by atoms with Crippen molar-refractivity contribution in [3.63, 3.8) is 0 Å². The van der Waals surface area contributed by atoms with E-state index in [-0.39, 0.29) is 24.2 Å². The topological polar surface area (TPSA) is 79.1 Å². The summed E-state index contributed by atoms with van der Waals surface area (Å²) < 4.78 is 10.7. The largest absolute Gasteiger partial charge is 0.495 e. The molecule has 1 atom stereocenters. The van der Waals surface area contributed by atoms with E-state index in [9.17, 15) is 9.59 Å². The minimum atomic E-state index is -0.357. The molecule has 1 aromatic heterocycles. The SMILES string of the molecule is COc1ccc(Cl)cc1N1CC(C(=O)N2CCN(Cc3cc(C)no3)CC2)CC1=O. The zero-order valence-electron chi connectivity index (χ0n) is 17.1. The molecule has 1 aromatic carbocycles. The lowest BCUT2D eigenvalue weighted by atomic mass is 10.1. The third kappa shape index (κ3) is 4.29. The second kappa shape index (κ2) is 8.65. The number of aryl methyl sites for hydroxylation is 1. The summed E-state index contributed by atoms with van der Waals surface area (Å²) in [4.78, 5) is 31.4. The first-order valence-electron chi connectivity index (χ1n) is 10.0. The quantitative estimate of drug-likeness (QED) is 0.721. The Morgan fingerprint density at radius 1 is 1.27 bits per heavy atom. The summed E-state index contributed by atoms with van der Waals surface area (Å²) in [6.45, 7) is 5.72. The molecule has 8 nitrogen and oxygen atoms in total. The molecule has 2 fully saturated rings. The lowest BCUT2D eigenvalue weighted by Gasteiger charge is -2.35. The molecule has 4 rings (SSSR count). The van der Waals surface area contributed by atoms with Crippen molar-refractivity contribution >= 4 is 29.1 Å². The number of piperazine rings is 1. The molecule has 2 saturated heterocycles. The average molecular weight is 433 g/mol. The predicted octanol–water partition coefficient (Wildman–Crippen LogP) is 2.34. The normalized spacial score (nSPS) is 20.1. The molecule has 0 aliphatic carbocycles. The predicted molar refractivity (Wildman–Crippen MR) is 112 cm³/mol. The number of halogens is 1. The number of carbonyl (C=O) groups excluding carboxylic acids is 2. The van der Waals surface area contributed by atoms with Gasteiger partial charge in [0.1, 0.15) is 5.75 Å². The number of ether oxygens (including phenoxy) is 1. The van der Waals surface area contributed by atoms with E-state index in [0.29, 0.717) is 42.6 Å². The van der Waals surface area contributed by atoms with Crippen molar-refractivity contribution in [3.8, 4) is 5.75 Å². The standard InChI is InChI=1S/C21H25ClN4O4/c1-14-9-17(30-23-14)13-24-5-7-25(8-6-24)21(28)15-10-20(27)26(12-15)18-11-16(22)3-4-19(18)29-2/h3-4,9,11,15H,5-8,10,12-13H2,1-2H3. The number of nitrogens with zero attached hydrogens (tertiary/aromatic N) is 4. The first kappa shape index (κ1) is 20.7. The van der Waals surface area contributed by atoms with Crippen LogP contribution in [0.1, 0.15) is 17.9 Å². The Morgan fingerprint density at radius 3 is 2.70 bits per heavy atom. The van der Waals surface area contributed by atoms with Crippen molar-refractivity contribution in [2.75, 3.05) is 44.7 Å². The smallest absolute Gasteiger partial charge is 0.228 e. The maximum absolute atomic E-state index is 13.1. The van der Waals surface area contributed by atoms with Gasteiger partial charge in [0.2, 0.25) is 11.8 Å². The summed E-state index contributed by atoms with van der Waals surface area (Å²) in [7, 11) is 1.55. The summed E-state index contributed by atoms with van der Waals surface area (Å²) in [6.07, 6.45) is 0.200. The van der Waals surface area contributed by atoms with E-state index in [2.05, 4.69) is 10.1 Å². The zero-order chi connectivity index (χ0) is 21.3. The van der Waals surface area contributed by atoms with Gasteiger partial charge >= 0.3 is 0 Å². The third-order valence-corrected chi connectivity index (χ3v) is 5.88. The van der Waals surface area contributed by atoms with Crippen LogP contribution in [0.5, 0.6) is 5.75 Å². The van der Waals surface area contributed by atoms with E-state index in [4.69, 9.17) is 20.9 Å². The summed E-state index contributed by atoms with van der Waals surface area (Å²) in [5.41, 5.74) is 1.48. The molecule has 1 unspecified atom stereocenters. The summed E-state index contributed by atoms with van der Waals surface area (Å²) in [5, 5.41) is 4.43. The van der Waals surface area contributed by atoms with Gasteiger partial charge in [0.25, 0.3) is 0 Å². The molecule has 2 aliphatic rings. The van der Waals surface area contributed by atoms with Gasteiger partial charge in [-0.2, -0.15) is 0 Å². The molecule has 0 bridgehead atoms. The Balaban J connectivity index is 1.36. The first-order valence-corrected chi connectivity index (χ1v) is 10.4. The lowest BCUT2D eigenvalue weighted by Crippen LogP contribution is -2.50. The van der Waals surface area contributed by atoms with Gasteiger partial charge in [-0.1, -0.05) is 16.8 Å². The Labute approximate surface area is 180 Å². The van der Waals surface area contributed by atoms with Gasteiger partial charge in [-0.15, -0.1) is 0 Å². The fraction of sp³-hybridized carbons (Fsp3) is 0.476. The van der Waals surface area contributed by atoms with Crippen molar-refractivity contribution in [1.29, 1.82) is 0 Å². The number of benzene rings is 1. The Hall–Kier alpha value is -2.58. The van der Waals surface area contributed by atoms with E-state index in [0.717, 1.165) is 24.5 Å². The fourth-order valence-electron chi connectivity index (χ4n) is 4.08. The molecule has 2 aliphatic heterocycles. The maximum atomic E-state index is 13.1. The molecule has 30 heavy (non-hydrogen) atoms. The molecule has 0 saturated carbocycles. The van der Waals surface area contributed by atoms with Crippen molar-refractivity contribution in [3.05, 3.63) is 40.7 Å². The first-order chi connectivity index (χ1) is 14.4. The van der Waals surface area contributed by atoms with Gasteiger partial charge in [-0.25, -0.2) is 0 Å². The molecule has 2 amide bonds. The minimum Gasteiger partial charge on any atom is -0.495 e. The zero-order valence-corrected chi connectivity index (χ0v) is 17.9. The highest BCUT2D eigenvalue weighted by atomic mass is 35.5. The highest BCUT2D eigenvalue weighted by molar-refractivity contribution is 6.31. The van der Waals surface area contributed by atoms with Crippen LogP contribution >= 0.6 is 11.6 Å². The van der Waals surface area contributed by atoms with E-state index in [1.165, 1.54) is 0 Å². The summed E-state index contributed by atoms with van der Waals surface area (Å²) in [6, 6.07) is 7.08. The van der Waals surface area contributed by atoms with Crippen LogP contribution in [0.4, 0.5) is 5.69 Å². The summed E-state index contributed by atoms with van der Waals surface area (Å²) in [5.74, 6) is 0.983. The second-order valence-corrected chi connectivity index (χ2v) is 8.19. The molecule has 0 radical (unpaired) electrons. The fourth-order valence-corrected chi connectivity index (χ4v) is 4.24. The molecule has 160 valence electrons. The number of hydrogen-bond acceptors (Lipinski definition) is 6. The highest BCUT2D eigenvalue weighted by Gasteiger charge is 2.39. The van der Waals surface area contributed by atoms with Crippen LogP contribution in [0, 0.1) is 12.8 Å². The van der Waals surface area contributed by atoms with E-state index >= 15 is 0 Å². The highest BCUT2D eigenvalue weighted by Crippen LogP contribution is 2.35. The van der Waals surface area contributed by atoms with Crippen molar-refractivity contribution < 1.29 is 18.8 Å². The molecule has 2 aromatic rings. The molecular formula is C21H25ClN4O4. The number of methoxy groups -OCH3 is 1. The number of amides is 2. The van der Waals surface area contributed by atoms with Gasteiger partial charge in [0.15, 0.2) is 5.76 Å². The van der Waals surface area contributed by atoms with E-state index < -0.39 is 0 Å². The van der Waals surface area contributed by atoms with Gasteiger partial charge in [0.05, 0.1) is 31.0 Å². The summed E-state index contributed by atoms with van der Waals surface area (Å²) >= 11 is 6.11. The van der Waals surface area contributed by atoms with Crippen LogP contribution in [-0.2, 0) is 16.1 Å². The Bertz CT molecular complexity index is 939. The Kier molecular flexibility index (Phi) is 5.97. The van der Waals surface area contributed by atoms with Crippen molar-refractivity contribution in [2.24, 2.45) is 5.92 Å².